The Bertz CT molecular complexity index is 635. The van der Waals surface area contributed by atoms with E-state index in [2.05, 4.69) is 32.0 Å². The van der Waals surface area contributed by atoms with E-state index in [9.17, 15) is 0 Å². The lowest BCUT2D eigenvalue weighted by Crippen LogP contribution is -2.12. The highest BCUT2D eigenvalue weighted by atomic mass is 35.5. The standard InChI is InChI=1S/C16H16ClNOS/c1-10-6-11(2)8-12(7-10)9-19-14-5-3-4-13(17)15(14)16(18)20/h3-8H,9H2,1-2H3,(H2,18,20). The Labute approximate surface area is 129 Å². The van der Waals surface area contributed by atoms with E-state index in [1.807, 2.05) is 12.1 Å². The van der Waals surface area contributed by atoms with Crippen molar-refractivity contribution in [2.24, 2.45) is 5.73 Å². The van der Waals surface area contributed by atoms with Gasteiger partial charge in [-0.2, -0.15) is 0 Å². The summed E-state index contributed by atoms with van der Waals surface area (Å²) in [6, 6.07) is 11.7. The van der Waals surface area contributed by atoms with Crippen LogP contribution in [0.2, 0.25) is 5.02 Å². The highest BCUT2D eigenvalue weighted by Gasteiger charge is 2.11. The molecule has 0 fully saturated rings. The van der Waals surface area contributed by atoms with Crippen LogP contribution in [0.5, 0.6) is 5.75 Å². The van der Waals surface area contributed by atoms with Crippen molar-refractivity contribution in [2.45, 2.75) is 20.5 Å². The summed E-state index contributed by atoms with van der Waals surface area (Å²) in [5, 5.41) is 0.510. The molecule has 0 saturated carbocycles. The molecule has 0 aromatic heterocycles. The maximum Gasteiger partial charge on any atom is 0.131 e. The van der Waals surface area contributed by atoms with Gasteiger partial charge in [0, 0.05) is 0 Å². The normalized spacial score (nSPS) is 10.3. The molecule has 0 spiro atoms. The first-order valence-electron chi connectivity index (χ1n) is 6.25. The van der Waals surface area contributed by atoms with Crippen LogP contribution >= 0.6 is 23.8 Å². The number of ether oxygens (including phenoxy) is 1. The van der Waals surface area contributed by atoms with Crippen LogP contribution in [0.25, 0.3) is 0 Å². The molecule has 0 amide bonds. The second-order valence-electron chi connectivity index (χ2n) is 4.76. The molecule has 2 aromatic rings. The fourth-order valence-corrected chi connectivity index (χ4v) is 2.71. The van der Waals surface area contributed by atoms with Crippen LogP contribution in [-0.4, -0.2) is 4.99 Å². The van der Waals surface area contributed by atoms with Crippen LogP contribution < -0.4 is 10.5 Å². The van der Waals surface area contributed by atoms with E-state index in [0.29, 0.717) is 22.9 Å². The molecule has 2 nitrogen and oxygen atoms in total. The summed E-state index contributed by atoms with van der Waals surface area (Å²) in [7, 11) is 0. The molecular formula is C16H16ClNOS. The van der Waals surface area contributed by atoms with Crippen molar-refractivity contribution in [3.63, 3.8) is 0 Å². The zero-order valence-corrected chi connectivity index (χ0v) is 13.0. The highest BCUT2D eigenvalue weighted by Crippen LogP contribution is 2.27. The largest absolute Gasteiger partial charge is 0.488 e. The minimum Gasteiger partial charge on any atom is -0.488 e. The van der Waals surface area contributed by atoms with Gasteiger partial charge >= 0.3 is 0 Å². The number of rotatable bonds is 4. The summed E-state index contributed by atoms with van der Waals surface area (Å²) in [6.45, 7) is 4.59. The Kier molecular flexibility index (Phi) is 4.63. The zero-order chi connectivity index (χ0) is 14.7. The lowest BCUT2D eigenvalue weighted by molar-refractivity contribution is 0.305. The predicted molar refractivity (Wildman–Crippen MR) is 87.6 cm³/mol. The van der Waals surface area contributed by atoms with E-state index < -0.39 is 0 Å². The van der Waals surface area contributed by atoms with Crippen molar-refractivity contribution in [3.05, 3.63) is 63.7 Å². The molecule has 104 valence electrons. The van der Waals surface area contributed by atoms with Gasteiger partial charge in [-0.3, -0.25) is 0 Å². The Morgan fingerprint density at radius 1 is 1.20 bits per heavy atom. The van der Waals surface area contributed by atoms with Gasteiger partial charge in [0.1, 0.15) is 17.3 Å². The molecule has 0 saturated heterocycles. The molecule has 20 heavy (non-hydrogen) atoms. The van der Waals surface area contributed by atoms with Crippen LogP contribution in [0.1, 0.15) is 22.3 Å². The number of halogens is 1. The summed E-state index contributed by atoms with van der Waals surface area (Å²) in [5.74, 6) is 0.615. The smallest absolute Gasteiger partial charge is 0.131 e. The fraction of sp³-hybridized carbons (Fsp3) is 0.188. The second kappa shape index (κ2) is 6.25. The number of hydrogen-bond acceptors (Lipinski definition) is 2. The minimum atomic E-state index is 0.242. The SMILES string of the molecule is Cc1cc(C)cc(COc2cccc(Cl)c2C(N)=S)c1. The number of hydrogen-bond donors (Lipinski definition) is 1. The first-order chi connectivity index (χ1) is 9.47. The number of benzene rings is 2. The predicted octanol–water partition coefficient (Wildman–Crippen LogP) is 4.17. The van der Waals surface area contributed by atoms with E-state index in [4.69, 9.17) is 34.3 Å². The Hall–Kier alpha value is -1.58. The average molecular weight is 306 g/mol. The van der Waals surface area contributed by atoms with Crippen molar-refractivity contribution in [1.29, 1.82) is 0 Å². The summed E-state index contributed by atoms with van der Waals surface area (Å²) < 4.78 is 5.82. The molecule has 0 aliphatic rings. The third kappa shape index (κ3) is 3.50. The van der Waals surface area contributed by atoms with Crippen LogP contribution in [-0.2, 0) is 6.61 Å². The van der Waals surface area contributed by atoms with Gasteiger partial charge in [-0.15, -0.1) is 0 Å². The van der Waals surface area contributed by atoms with Crippen molar-refractivity contribution in [3.8, 4) is 5.75 Å². The number of nitrogens with two attached hydrogens (primary N) is 1. The van der Waals surface area contributed by atoms with Crippen LogP contribution in [0.15, 0.2) is 36.4 Å². The van der Waals surface area contributed by atoms with Crippen LogP contribution in [0.3, 0.4) is 0 Å². The van der Waals surface area contributed by atoms with E-state index in [1.54, 1.807) is 6.07 Å². The number of aryl methyl sites for hydroxylation is 2. The van der Waals surface area contributed by atoms with E-state index in [0.717, 1.165) is 5.56 Å². The molecule has 2 N–H and O–H groups in total. The quantitative estimate of drug-likeness (QED) is 0.861. The third-order valence-electron chi connectivity index (χ3n) is 2.90. The molecule has 2 aromatic carbocycles. The Morgan fingerprint density at radius 2 is 1.85 bits per heavy atom. The lowest BCUT2D eigenvalue weighted by Gasteiger charge is -2.12. The molecule has 0 unspecified atom stereocenters. The van der Waals surface area contributed by atoms with Gasteiger partial charge in [0.05, 0.1) is 10.6 Å². The van der Waals surface area contributed by atoms with Crippen molar-refractivity contribution >= 4 is 28.8 Å². The maximum atomic E-state index is 6.11. The number of thiocarbonyl (C=S) groups is 1. The van der Waals surface area contributed by atoms with Gasteiger partial charge in [0.2, 0.25) is 0 Å². The van der Waals surface area contributed by atoms with Crippen molar-refractivity contribution < 1.29 is 4.74 Å². The molecule has 4 heteroatoms. The monoisotopic (exact) mass is 305 g/mol. The zero-order valence-electron chi connectivity index (χ0n) is 11.4. The van der Waals surface area contributed by atoms with Gasteiger partial charge in [-0.1, -0.05) is 59.2 Å². The van der Waals surface area contributed by atoms with Crippen LogP contribution in [0, 0.1) is 13.8 Å². The minimum absolute atomic E-state index is 0.242. The second-order valence-corrected chi connectivity index (χ2v) is 5.61. The summed E-state index contributed by atoms with van der Waals surface area (Å²) in [5.41, 5.74) is 9.82. The molecule has 0 atom stereocenters. The Morgan fingerprint density at radius 3 is 2.45 bits per heavy atom. The lowest BCUT2D eigenvalue weighted by atomic mass is 10.1. The molecule has 2 rings (SSSR count). The Balaban J connectivity index is 2.23. The molecule has 0 heterocycles. The van der Waals surface area contributed by atoms with E-state index in [-0.39, 0.29) is 4.99 Å². The summed E-state index contributed by atoms with van der Waals surface area (Å²) in [6.07, 6.45) is 0. The van der Waals surface area contributed by atoms with Crippen molar-refractivity contribution in [1.82, 2.24) is 0 Å². The van der Waals surface area contributed by atoms with E-state index >= 15 is 0 Å². The van der Waals surface area contributed by atoms with Gasteiger partial charge in [0.15, 0.2) is 0 Å². The fourth-order valence-electron chi connectivity index (χ4n) is 2.18. The van der Waals surface area contributed by atoms with Crippen molar-refractivity contribution in [2.75, 3.05) is 0 Å². The van der Waals surface area contributed by atoms with Gasteiger partial charge < -0.3 is 10.5 Å². The highest BCUT2D eigenvalue weighted by molar-refractivity contribution is 7.80. The van der Waals surface area contributed by atoms with Gasteiger partial charge in [-0.25, -0.2) is 0 Å². The third-order valence-corrected chi connectivity index (χ3v) is 3.42. The van der Waals surface area contributed by atoms with E-state index in [1.165, 1.54) is 11.1 Å². The average Bonchev–Trinajstić information content (AvgIpc) is 2.34. The van der Waals surface area contributed by atoms with Crippen LogP contribution in [0.4, 0.5) is 0 Å². The van der Waals surface area contributed by atoms with Gasteiger partial charge in [0.25, 0.3) is 0 Å². The molecular weight excluding hydrogens is 290 g/mol. The van der Waals surface area contributed by atoms with Gasteiger partial charge in [-0.05, 0) is 31.5 Å². The maximum absolute atomic E-state index is 6.11. The first-order valence-corrected chi connectivity index (χ1v) is 7.04. The molecule has 0 aliphatic carbocycles. The summed E-state index contributed by atoms with van der Waals surface area (Å²) >= 11 is 11.1. The summed E-state index contributed by atoms with van der Waals surface area (Å²) in [4.78, 5) is 0.242. The molecule has 0 bridgehead atoms. The topological polar surface area (TPSA) is 35.2 Å². The molecule has 0 radical (unpaired) electrons. The molecule has 0 aliphatic heterocycles. The first kappa shape index (κ1) is 14.8.